The molecule has 1 atom stereocenters. The maximum atomic E-state index is 13.5. The summed E-state index contributed by atoms with van der Waals surface area (Å²) in [6.45, 7) is 7.49. The lowest BCUT2D eigenvalue weighted by molar-refractivity contribution is -0.00311. The van der Waals surface area contributed by atoms with Gasteiger partial charge in [-0.1, -0.05) is 30.3 Å². The van der Waals surface area contributed by atoms with E-state index in [1.807, 2.05) is 79.9 Å². The molecule has 6 heteroatoms. The number of aryl methyl sites for hydroxylation is 3. The number of nitrogens with zero attached hydrogens (tertiary/aromatic N) is 4. The highest BCUT2D eigenvalue weighted by molar-refractivity contribution is 5.96. The van der Waals surface area contributed by atoms with E-state index in [0.29, 0.717) is 25.3 Å². The van der Waals surface area contributed by atoms with Gasteiger partial charge in [0.2, 0.25) is 0 Å². The molecule has 0 saturated carbocycles. The molecule has 1 saturated heterocycles. The lowest BCUT2D eigenvalue weighted by Crippen LogP contribution is -2.44. The zero-order valence-electron chi connectivity index (χ0n) is 17.3. The Morgan fingerprint density at radius 3 is 2.48 bits per heavy atom. The fourth-order valence-electron chi connectivity index (χ4n) is 4.07. The molecule has 3 heterocycles. The summed E-state index contributed by atoms with van der Waals surface area (Å²) in [6.07, 6.45) is 0. The summed E-state index contributed by atoms with van der Waals surface area (Å²) in [7, 11) is 1.93. The Labute approximate surface area is 171 Å². The molecule has 2 aromatic heterocycles. The zero-order chi connectivity index (χ0) is 20.5. The predicted octanol–water partition coefficient (Wildman–Crippen LogP) is 3.62. The largest absolute Gasteiger partial charge is 0.377 e. The van der Waals surface area contributed by atoms with Crippen LogP contribution in [-0.2, 0) is 11.8 Å². The minimum atomic E-state index is -0.141. The van der Waals surface area contributed by atoms with Gasteiger partial charge < -0.3 is 9.64 Å². The van der Waals surface area contributed by atoms with E-state index >= 15 is 0 Å². The molecule has 3 aromatic rings. The predicted molar refractivity (Wildman–Crippen MR) is 112 cm³/mol. The van der Waals surface area contributed by atoms with Crippen molar-refractivity contribution in [3.05, 3.63) is 70.7 Å². The van der Waals surface area contributed by atoms with Crippen LogP contribution in [0, 0.1) is 20.8 Å². The van der Waals surface area contributed by atoms with E-state index in [1.54, 1.807) is 0 Å². The molecule has 1 amide bonds. The van der Waals surface area contributed by atoms with Gasteiger partial charge in [-0.3, -0.25) is 14.5 Å². The molecular formula is C23H26N4O2. The van der Waals surface area contributed by atoms with Crippen molar-refractivity contribution >= 4 is 5.91 Å². The van der Waals surface area contributed by atoms with Gasteiger partial charge in [0.25, 0.3) is 5.91 Å². The molecule has 4 rings (SSSR count). The van der Waals surface area contributed by atoms with Crippen LogP contribution in [0.2, 0.25) is 0 Å². The molecule has 6 nitrogen and oxygen atoms in total. The standard InChI is InChI=1S/C23H26N4O2/c1-15-19(10-11-20(24-15)18-8-6-5-7-9-18)23(28)27-12-13-29-14-21(27)22-16(2)25-26(4)17(22)3/h5-11,21H,12-14H2,1-4H3. The fourth-order valence-corrected chi connectivity index (χ4v) is 4.07. The first-order valence-electron chi connectivity index (χ1n) is 9.89. The van der Waals surface area contributed by atoms with Gasteiger partial charge >= 0.3 is 0 Å². The number of aromatic nitrogens is 3. The van der Waals surface area contributed by atoms with Crippen molar-refractivity contribution < 1.29 is 9.53 Å². The molecule has 0 radical (unpaired) electrons. The average Bonchev–Trinajstić information content (AvgIpc) is 2.99. The average molecular weight is 390 g/mol. The van der Waals surface area contributed by atoms with Crippen LogP contribution in [0.25, 0.3) is 11.3 Å². The molecule has 0 aliphatic carbocycles. The van der Waals surface area contributed by atoms with Gasteiger partial charge in [-0.05, 0) is 32.9 Å². The highest BCUT2D eigenvalue weighted by atomic mass is 16.5. The van der Waals surface area contributed by atoms with Crippen molar-refractivity contribution in [2.75, 3.05) is 19.8 Å². The number of ether oxygens (including phenoxy) is 1. The topological polar surface area (TPSA) is 60.3 Å². The number of carbonyl (C=O) groups is 1. The van der Waals surface area contributed by atoms with Crippen molar-refractivity contribution in [2.24, 2.45) is 7.05 Å². The second-order valence-corrected chi connectivity index (χ2v) is 7.49. The van der Waals surface area contributed by atoms with E-state index in [2.05, 4.69) is 5.10 Å². The second kappa shape index (κ2) is 7.79. The van der Waals surface area contributed by atoms with E-state index in [4.69, 9.17) is 9.72 Å². The number of morpholine rings is 1. The third-order valence-corrected chi connectivity index (χ3v) is 5.67. The molecule has 29 heavy (non-hydrogen) atoms. The van der Waals surface area contributed by atoms with E-state index in [1.165, 1.54) is 0 Å². The van der Waals surface area contributed by atoms with Crippen molar-refractivity contribution in [1.82, 2.24) is 19.7 Å². The minimum Gasteiger partial charge on any atom is -0.377 e. The summed E-state index contributed by atoms with van der Waals surface area (Å²) in [5, 5.41) is 4.53. The Morgan fingerprint density at radius 1 is 1.07 bits per heavy atom. The Kier molecular flexibility index (Phi) is 5.20. The number of benzene rings is 1. The number of rotatable bonds is 3. The molecule has 1 fully saturated rings. The Morgan fingerprint density at radius 2 is 1.83 bits per heavy atom. The molecule has 1 aliphatic rings. The van der Waals surface area contributed by atoms with Crippen LogP contribution in [0.15, 0.2) is 42.5 Å². The maximum Gasteiger partial charge on any atom is 0.256 e. The van der Waals surface area contributed by atoms with Crippen LogP contribution in [0.4, 0.5) is 0 Å². The SMILES string of the molecule is Cc1nc(-c2ccccc2)ccc1C(=O)N1CCOCC1c1c(C)nn(C)c1C. The van der Waals surface area contributed by atoms with Crippen LogP contribution in [-0.4, -0.2) is 45.3 Å². The first-order valence-corrected chi connectivity index (χ1v) is 9.89. The number of amides is 1. The highest BCUT2D eigenvalue weighted by Crippen LogP contribution is 2.31. The van der Waals surface area contributed by atoms with Crippen molar-refractivity contribution in [1.29, 1.82) is 0 Å². The number of hydrogen-bond donors (Lipinski definition) is 0. The van der Waals surface area contributed by atoms with Gasteiger partial charge in [-0.15, -0.1) is 0 Å². The first kappa shape index (κ1) is 19.3. The molecule has 150 valence electrons. The number of hydrogen-bond acceptors (Lipinski definition) is 4. The molecule has 0 bridgehead atoms. The van der Waals surface area contributed by atoms with E-state index in [-0.39, 0.29) is 11.9 Å². The second-order valence-electron chi connectivity index (χ2n) is 7.49. The monoisotopic (exact) mass is 390 g/mol. The quantitative estimate of drug-likeness (QED) is 0.685. The Balaban J connectivity index is 1.67. The lowest BCUT2D eigenvalue weighted by Gasteiger charge is -2.36. The zero-order valence-corrected chi connectivity index (χ0v) is 17.3. The lowest BCUT2D eigenvalue weighted by atomic mass is 10.0. The summed E-state index contributed by atoms with van der Waals surface area (Å²) in [4.78, 5) is 20.1. The van der Waals surface area contributed by atoms with E-state index in [0.717, 1.165) is 33.9 Å². The fraction of sp³-hybridized carbons (Fsp3) is 0.348. The molecule has 1 aliphatic heterocycles. The van der Waals surface area contributed by atoms with E-state index in [9.17, 15) is 4.79 Å². The molecule has 1 unspecified atom stereocenters. The van der Waals surface area contributed by atoms with Crippen molar-refractivity contribution in [3.8, 4) is 11.3 Å². The number of carbonyl (C=O) groups excluding carboxylic acids is 1. The maximum absolute atomic E-state index is 13.5. The molecule has 0 spiro atoms. The Bertz CT molecular complexity index is 1040. The third kappa shape index (κ3) is 3.56. The molecule has 1 aromatic carbocycles. The first-order chi connectivity index (χ1) is 14.0. The Hall–Kier alpha value is -2.99. The van der Waals surface area contributed by atoms with Crippen LogP contribution >= 0.6 is 0 Å². The van der Waals surface area contributed by atoms with Crippen molar-refractivity contribution in [2.45, 2.75) is 26.8 Å². The summed E-state index contributed by atoms with van der Waals surface area (Å²) in [5.74, 6) is -0.00874. The molecule has 0 N–H and O–H groups in total. The van der Waals surface area contributed by atoms with Gasteiger partial charge in [0.05, 0.1) is 41.9 Å². The minimum absolute atomic E-state index is 0.00874. The summed E-state index contributed by atoms with van der Waals surface area (Å²) < 4.78 is 7.60. The smallest absolute Gasteiger partial charge is 0.256 e. The van der Waals surface area contributed by atoms with Gasteiger partial charge in [-0.2, -0.15) is 5.10 Å². The molecular weight excluding hydrogens is 364 g/mol. The van der Waals surface area contributed by atoms with Gasteiger partial charge in [-0.25, -0.2) is 0 Å². The van der Waals surface area contributed by atoms with Crippen molar-refractivity contribution in [3.63, 3.8) is 0 Å². The van der Waals surface area contributed by atoms with Gasteiger partial charge in [0.15, 0.2) is 0 Å². The van der Waals surface area contributed by atoms with Crippen LogP contribution in [0.3, 0.4) is 0 Å². The highest BCUT2D eigenvalue weighted by Gasteiger charge is 2.33. The van der Waals surface area contributed by atoms with Crippen LogP contribution < -0.4 is 0 Å². The van der Waals surface area contributed by atoms with Crippen LogP contribution in [0.5, 0.6) is 0 Å². The van der Waals surface area contributed by atoms with Gasteiger partial charge in [0, 0.05) is 30.4 Å². The van der Waals surface area contributed by atoms with Gasteiger partial charge in [0.1, 0.15) is 0 Å². The summed E-state index contributed by atoms with van der Waals surface area (Å²) in [6, 6.07) is 13.7. The number of pyridine rings is 1. The third-order valence-electron chi connectivity index (χ3n) is 5.67. The summed E-state index contributed by atoms with van der Waals surface area (Å²) in [5.41, 5.74) is 6.36. The van der Waals surface area contributed by atoms with E-state index < -0.39 is 0 Å². The van der Waals surface area contributed by atoms with Crippen LogP contribution in [0.1, 0.15) is 39.0 Å². The summed E-state index contributed by atoms with van der Waals surface area (Å²) >= 11 is 0. The normalized spacial score (nSPS) is 16.8.